The standard InChI is InChI=1S/C15H17ClN2O2/c1-2-3-6-18(9-4-5-9)13-8-12-10(7-11(13)16)14(19)15(20)17-12/h7-9H,2-6H2,1H3,(H,17,19,20). The van der Waals surface area contributed by atoms with Gasteiger partial charge in [-0.15, -0.1) is 0 Å². The molecule has 1 aliphatic heterocycles. The van der Waals surface area contributed by atoms with E-state index in [0.717, 1.165) is 25.1 Å². The van der Waals surface area contributed by atoms with Gasteiger partial charge < -0.3 is 10.2 Å². The molecule has 5 heteroatoms. The van der Waals surface area contributed by atoms with Crippen molar-refractivity contribution in [1.82, 2.24) is 0 Å². The molecule has 4 nitrogen and oxygen atoms in total. The lowest BCUT2D eigenvalue weighted by atomic mass is 10.1. The monoisotopic (exact) mass is 292 g/mol. The first-order valence-electron chi connectivity index (χ1n) is 7.07. The number of fused-ring (bicyclic) bond motifs is 1. The number of anilines is 2. The Balaban J connectivity index is 1.95. The molecular formula is C15H17ClN2O2. The molecule has 1 aromatic carbocycles. The van der Waals surface area contributed by atoms with Gasteiger partial charge in [0, 0.05) is 12.6 Å². The minimum Gasteiger partial charge on any atom is -0.367 e. The van der Waals surface area contributed by atoms with E-state index in [2.05, 4.69) is 17.1 Å². The first-order chi connectivity index (χ1) is 9.61. The number of nitrogens with one attached hydrogen (secondary N) is 1. The lowest BCUT2D eigenvalue weighted by molar-refractivity contribution is -0.112. The van der Waals surface area contributed by atoms with Gasteiger partial charge in [0.15, 0.2) is 0 Å². The summed E-state index contributed by atoms with van der Waals surface area (Å²) in [5.41, 5.74) is 1.90. The third-order valence-corrected chi connectivity index (χ3v) is 4.14. The summed E-state index contributed by atoms with van der Waals surface area (Å²) in [5, 5.41) is 3.16. The summed E-state index contributed by atoms with van der Waals surface area (Å²) in [4.78, 5) is 25.4. The van der Waals surface area contributed by atoms with E-state index >= 15 is 0 Å². The van der Waals surface area contributed by atoms with Gasteiger partial charge in [0.2, 0.25) is 0 Å². The molecule has 1 aromatic rings. The number of Topliss-reactive ketones (excluding diaryl/α,β-unsaturated/α-hetero) is 1. The van der Waals surface area contributed by atoms with Crippen LogP contribution in [0.15, 0.2) is 12.1 Å². The fourth-order valence-corrected chi connectivity index (χ4v) is 2.86. The van der Waals surface area contributed by atoms with Crippen LogP contribution in [0.5, 0.6) is 0 Å². The summed E-state index contributed by atoms with van der Waals surface area (Å²) in [6.45, 7) is 3.12. The highest BCUT2D eigenvalue weighted by Crippen LogP contribution is 2.40. The zero-order chi connectivity index (χ0) is 14.3. The molecule has 0 saturated heterocycles. The van der Waals surface area contributed by atoms with E-state index < -0.39 is 11.7 Å². The molecule has 1 heterocycles. The minimum absolute atomic E-state index is 0.384. The quantitative estimate of drug-likeness (QED) is 0.848. The number of rotatable bonds is 5. The average Bonchev–Trinajstić information content (AvgIpc) is 3.21. The van der Waals surface area contributed by atoms with Crippen LogP contribution < -0.4 is 10.2 Å². The van der Waals surface area contributed by atoms with Crippen LogP contribution in [0.25, 0.3) is 0 Å². The van der Waals surface area contributed by atoms with Crippen molar-refractivity contribution in [2.45, 2.75) is 38.6 Å². The van der Waals surface area contributed by atoms with Gasteiger partial charge in [-0.05, 0) is 31.4 Å². The van der Waals surface area contributed by atoms with E-state index in [1.807, 2.05) is 6.07 Å². The zero-order valence-electron chi connectivity index (χ0n) is 11.4. The van der Waals surface area contributed by atoms with Crippen molar-refractivity contribution in [3.05, 3.63) is 22.7 Å². The van der Waals surface area contributed by atoms with Crippen molar-refractivity contribution in [3.8, 4) is 0 Å². The molecule has 3 rings (SSSR count). The number of unbranched alkanes of at least 4 members (excludes halogenated alkanes) is 1. The average molecular weight is 293 g/mol. The van der Waals surface area contributed by atoms with Crippen LogP contribution in [0, 0.1) is 0 Å². The first-order valence-corrected chi connectivity index (χ1v) is 7.45. The molecule has 0 aromatic heterocycles. The number of carbonyl (C=O) groups is 2. The Bertz CT molecular complexity index is 581. The van der Waals surface area contributed by atoms with E-state index in [1.165, 1.54) is 12.8 Å². The van der Waals surface area contributed by atoms with Gasteiger partial charge in [-0.3, -0.25) is 9.59 Å². The largest absolute Gasteiger partial charge is 0.367 e. The van der Waals surface area contributed by atoms with Gasteiger partial charge in [0.1, 0.15) is 0 Å². The molecule has 1 saturated carbocycles. The fraction of sp³-hybridized carbons (Fsp3) is 0.467. The molecule has 0 spiro atoms. The predicted octanol–water partition coefficient (Wildman–Crippen LogP) is 3.24. The molecule has 0 radical (unpaired) electrons. The highest BCUT2D eigenvalue weighted by molar-refractivity contribution is 6.52. The number of halogens is 1. The van der Waals surface area contributed by atoms with Crippen LogP contribution in [0.3, 0.4) is 0 Å². The smallest absolute Gasteiger partial charge is 0.296 e. The lowest BCUT2D eigenvalue weighted by Crippen LogP contribution is -2.27. The summed E-state index contributed by atoms with van der Waals surface area (Å²) in [6.07, 6.45) is 4.60. The minimum atomic E-state index is -0.570. The van der Waals surface area contributed by atoms with Gasteiger partial charge in [0.05, 0.1) is 22.0 Å². The Morgan fingerprint density at radius 1 is 1.35 bits per heavy atom. The maximum Gasteiger partial charge on any atom is 0.296 e. The van der Waals surface area contributed by atoms with E-state index in [9.17, 15) is 9.59 Å². The fourth-order valence-electron chi connectivity index (χ4n) is 2.59. The molecule has 1 aliphatic carbocycles. The van der Waals surface area contributed by atoms with Crippen LogP contribution in [-0.4, -0.2) is 24.3 Å². The number of benzene rings is 1. The Morgan fingerprint density at radius 3 is 2.75 bits per heavy atom. The van der Waals surface area contributed by atoms with Gasteiger partial charge in [-0.1, -0.05) is 24.9 Å². The van der Waals surface area contributed by atoms with E-state index in [0.29, 0.717) is 22.3 Å². The molecule has 1 amide bonds. The second kappa shape index (κ2) is 5.09. The Kier molecular flexibility index (Phi) is 3.42. The SMILES string of the molecule is CCCCN(c1cc2c(cc1Cl)C(=O)C(=O)N2)C1CC1. The summed E-state index contributed by atoms with van der Waals surface area (Å²) in [6, 6.07) is 4.01. The van der Waals surface area contributed by atoms with Gasteiger partial charge >= 0.3 is 0 Å². The van der Waals surface area contributed by atoms with Crippen molar-refractivity contribution in [2.24, 2.45) is 0 Å². The summed E-state index contributed by atoms with van der Waals surface area (Å²) < 4.78 is 0. The van der Waals surface area contributed by atoms with Gasteiger partial charge in [-0.2, -0.15) is 0 Å². The van der Waals surface area contributed by atoms with Crippen molar-refractivity contribution >= 4 is 34.7 Å². The molecule has 106 valence electrons. The van der Waals surface area contributed by atoms with E-state index in [1.54, 1.807) is 6.07 Å². The third-order valence-electron chi connectivity index (χ3n) is 3.84. The molecule has 0 unspecified atom stereocenters. The number of ketones is 1. The van der Waals surface area contributed by atoms with E-state index in [-0.39, 0.29) is 0 Å². The van der Waals surface area contributed by atoms with Crippen LogP contribution in [0.2, 0.25) is 5.02 Å². The number of nitrogens with zero attached hydrogens (tertiary/aromatic N) is 1. The predicted molar refractivity (Wildman–Crippen MR) is 79.7 cm³/mol. The highest BCUT2D eigenvalue weighted by atomic mass is 35.5. The summed E-state index contributed by atoms with van der Waals surface area (Å²) in [7, 11) is 0. The molecule has 0 bridgehead atoms. The molecular weight excluding hydrogens is 276 g/mol. The van der Waals surface area contributed by atoms with Crippen LogP contribution in [-0.2, 0) is 4.79 Å². The second-order valence-electron chi connectivity index (χ2n) is 5.41. The van der Waals surface area contributed by atoms with Crippen molar-refractivity contribution < 1.29 is 9.59 Å². The third kappa shape index (κ3) is 2.29. The molecule has 1 fully saturated rings. The Hall–Kier alpha value is -1.55. The summed E-state index contributed by atoms with van der Waals surface area (Å²) in [5.74, 6) is -1.07. The lowest BCUT2D eigenvalue weighted by Gasteiger charge is -2.26. The number of hydrogen-bond donors (Lipinski definition) is 1. The van der Waals surface area contributed by atoms with Crippen molar-refractivity contribution in [2.75, 3.05) is 16.8 Å². The van der Waals surface area contributed by atoms with Crippen molar-refractivity contribution in [1.29, 1.82) is 0 Å². The van der Waals surface area contributed by atoms with Crippen molar-refractivity contribution in [3.63, 3.8) is 0 Å². The van der Waals surface area contributed by atoms with Gasteiger partial charge in [0.25, 0.3) is 11.7 Å². The van der Waals surface area contributed by atoms with Gasteiger partial charge in [-0.25, -0.2) is 0 Å². The number of hydrogen-bond acceptors (Lipinski definition) is 3. The molecule has 20 heavy (non-hydrogen) atoms. The number of carbonyl (C=O) groups excluding carboxylic acids is 2. The summed E-state index contributed by atoms with van der Waals surface area (Å²) >= 11 is 6.33. The van der Waals surface area contributed by atoms with Crippen LogP contribution in [0.4, 0.5) is 11.4 Å². The van der Waals surface area contributed by atoms with Crippen LogP contribution >= 0.6 is 11.6 Å². The molecule has 2 aliphatic rings. The Morgan fingerprint density at radius 2 is 2.10 bits per heavy atom. The topological polar surface area (TPSA) is 49.4 Å². The second-order valence-corrected chi connectivity index (χ2v) is 5.82. The number of amides is 1. The molecule has 1 N–H and O–H groups in total. The van der Waals surface area contributed by atoms with E-state index in [4.69, 9.17) is 11.6 Å². The molecule has 0 atom stereocenters. The maximum atomic E-state index is 11.7. The van der Waals surface area contributed by atoms with Crippen LogP contribution in [0.1, 0.15) is 43.0 Å². The Labute approximate surface area is 123 Å². The first kappa shape index (κ1) is 13.4. The zero-order valence-corrected chi connectivity index (χ0v) is 12.2. The highest BCUT2D eigenvalue weighted by Gasteiger charge is 2.33. The normalized spacial score (nSPS) is 17.1. The maximum absolute atomic E-state index is 11.7.